The zero-order valence-electron chi connectivity index (χ0n) is 11.1. The van der Waals surface area contributed by atoms with Crippen molar-refractivity contribution >= 4 is 26.0 Å². The molecule has 108 valence electrons. The third-order valence-corrected chi connectivity index (χ3v) is 5.10. The van der Waals surface area contributed by atoms with Crippen LogP contribution in [0, 0.1) is 5.92 Å². The molecule has 5 nitrogen and oxygen atoms in total. The molecule has 0 atom stereocenters. The van der Waals surface area contributed by atoms with Crippen molar-refractivity contribution < 1.29 is 12.8 Å². The summed E-state index contributed by atoms with van der Waals surface area (Å²) in [5.41, 5.74) is 0. The molecule has 1 heterocycles. The zero-order chi connectivity index (χ0) is 14.0. The molecule has 2 N–H and O–H groups in total. The van der Waals surface area contributed by atoms with Gasteiger partial charge in [0.2, 0.25) is 10.0 Å². The molecule has 0 aliphatic heterocycles. The molecule has 0 amide bonds. The lowest BCUT2D eigenvalue weighted by molar-refractivity contribution is 0.459. The van der Waals surface area contributed by atoms with Gasteiger partial charge < -0.3 is 9.73 Å². The van der Waals surface area contributed by atoms with Gasteiger partial charge in [0, 0.05) is 18.7 Å². The normalized spacial score (nSPS) is 16.2. The molecule has 0 unspecified atom stereocenters. The molecule has 1 fully saturated rings. The Morgan fingerprint density at radius 3 is 2.74 bits per heavy atom. The molecule has 1 aromatic heterocycles. The van der Waals surface area contributed by atoms with Gasteiger partial charge in [0.1, 0.15) is 10.7 Å². The first-order valence-electron chi connectivity index (χ1n) is 6.39. The summed E-state index contributed by atoms with van der Waals surface area (Å²) in [5.74, 6) is 0.889. The van der Waals surface area contributed by atoms with Gasteiger partial charge in [-0.1, -0.05) is 13.8 Å². The van der Waals surface area contributed by atoms with Crippen LogP contribution in [0.5, 0.6) is 0 Å². The van der Waals surface area contributed by atoms with Crippen molar-refractivity contribution in [3.63, 3.8) is 0 Å². The maximum atomic E-state index is 12.1. The Hall–Kier alpha value is -0.370. The Bertz CT molecular complexity index is 535. The second kappa shape index (κ2) is 5.95. The van der Waals surface area contributed by atoms with Gasteiger partial charge in [0.25, 0.3) is 0 Å². The van der Waals surface area contributed by atoms with Crippen LogP contribution < -0.4 is 10.0 Å². The molecule has 7 heteroatoms. The summed E-state index contributed by atoms with van der Waals surface area (Å²) in [4.78, 5) is 0.167. The van der Waals surface area contributed by atoms with Crippen molar-refractivity contribution in [2.45, 2.75) is 44.2 Å². The molecule has 1 aliphatic rings. The minimum atomic E-state index is -3.51. The van der Waals surface area contributed by atoms with Gasteiger partial charge in [-0.2, -0.15) is 0 Å². The van der Waals surface area contributed by atoms with Gasteiger partial charge >= 0.3 is 0 Å². The number of sulfonamides is 1. The van der Waals surface area contributed by atoms with E-state index in [1.165, 1.54) is 12.8 Å². The summed E-state index contributed by atoms with van der Waals surface area (Å²) in [6.07, 6.45) is 2.37. The largest absolute Gasteiger partial charge is 0.452 e. The molecular weight excluding hydrogens is 332 g/mol. The molecule has 19 heavy (non-hydrogen) atoms. The van der Waals surface area contributed by atoms with E-state index in [2.05, 4.69) is 26.0 Å². The minimum Gasteiger partial charge on any atom is -0.452 e. The van der Waals surface area contributed by atoms with E-state index in [-0.39, 0.29) is 15.5 Å². The standard InChI is InChI=1S/C12H19BrN2O3S/c1-8(2)6-15-19(16,17)11-5-10(18-12(11)13)7-14-9-3-4-9/h5,8-9,14-15H,3-4,6-7H2,1-2H3. The first-order valence-corrected chi connectivity index (χ1v) is 8.67. The monoisotopic (exact) mass is 350 g/mol. The predicted octanol–water partition coefficient (Wildman–Crippen LogP) is 2.23. The van der Waals surface area contributed by atoms with Crippen LogP contribution in [0.2, 0.25) is 0 Å². The van der Waals surface area contributed by atoms with Gasteiger partial charge in [0.05, 0.1) is 6.54 Å². The van der Waals surface area contributed by atoms with Gasteiger partial charge in [-0.05, 0) is 34.7 Å². The lowest BCUT2D eigenvalue weighted by atomic mass is 10.2. The Labute approximate surface area is 122 Å². The number of rotatable bonds is 7. The van der Waals surface area contributed by atoms with Crippen LogP contribution in [0.1, 0.15) is 32.4 Å². The van der Waals surface area contributed by atoms with E-state index in [0.29, 0.717) is 24.9 Å². The Morgan fingerprint density at radius 1 is 1.47 bits per heavy atom. The molecule has 0 saturated heterocycles. The maximum Gasteiger partial charge on any atom is 0.244 e. The average molecular weight is 351 g/mol. The van der Waals surface area contributed by atoms with Gasteiger partial charge in [-0.15, -0.1) is 0 Å². The number of nitrogens with one attached hydrogen (secondary N) is 2. The van der Waals surface area contributed by atoms with Crippen molar-refractivity contribution in [2.75, 3.05) is 6.54 Å². The highest BCUT2D eigenvalue weighted by Gasteiger charge is 2.24. The maximum absolute atomic E-state index is 12.1. The topological polar surface area (TPSA) is 71.3 Å². The predicted molar refractivity (Wildman–Crippen MR) is 76.3 cm³/mol. The van der Waals surface area contributed by atoms with Gasteiger partial charge in [0.15, 0.2) is 4.67 Å². The van der Waals surface area contributed by atoms with E-state index in [1.807, 2.05) is 13.8 Å². The number of halogens is 1. The van der Waals surface area contributed by atoms with Crippen LogP contribution >= 0.6 is 15.9 Å². The molecule has 0 spiro atoms. The SMILES string of the molecule is CC(C)CNS(=O)(=O)c1cc(CNC2CC2)oc1Br. The lowest BCUT2D eigenvalue weighted by Gasteiger charge is -2.06. The second-order valence-corrected chi connectivity index (χ2v) is 7.71. The highest BCUT2D eigenvalue weighted by molar-refractivity contribution is 9.10. The highest BCUT2D eigenvalue weighted by Crippen LogP contribution is 2.27. The zero-order valence-corrected chi connectivity index (χ0v) is 13.5. The summed E-state index contributed by atoms with van der Waals surface area (Å²) in [5, 5.41) is 3.29. The Kier molecular flexibility index (Phi) is 4.70. The summed E-state index contributed by atoms with van der Waals surface area (Å²) in [6, 6.07) is 2.13. The number of hydrogen-bond acceptors (Lipinski definition) is 4. The van der Waals surface area contributed by atoms with Crippen LogP contribution in [0.4, 0.5) is 0 Å². The average Bonchev–Trinajstić information content (AvgIpc) is 3.07. The van der Waals surface area contributed by atoms with Crippen LogP contribution in [0.25, 0.3) is 0 Å². The van der Waals surface area contributed by atoms with Crippen molar-refractivity contribution in [3.8, 4) is 0 Å². The van der Waals surface area contributed by atoms with E-state index < -0.39 is 10.0 Å². The van der Waals surface area contributed by atoms with Crippen molar-refractivity contribution in [1.29, 1.82) is 0 Å². The Morgan fingerprint density at radius 2 is 2.16 bits per heavy atom. The molecule has 0 bridgehead atoms. The van der Waals surface area contributed by atoms with Gasteiger partial charge in [-0.25, -0.2) is 13.1 Å². The Balaban J connectivity index is 2.05. The van der Waals surface area contributed by atoms with Crippen LogP contribution in [-0.4, -0.2) is 21.0 Å². The minimum absolute atomic E-state index is 0.167. The molecule has 2 rings (SSSR count). The van der Waals surface area contributed by atoms with Crippen LogP contribution in [0.15, 0.2) is 20.0 Å². The first kappa shape index (κ1) is 15.0. The van der Waals surface area contributed by atoms with Crippen LogP contribution in [-0.2, 0) is 16.6 Å². The third-order valence-electron chi connectivity index (χ3n) is 2.82. The first-order chi connectivity index (χ1) is 8.88. The molecule has 1 aromatic rings. The summed E-state index contributed by atoms with van der Waals surface area (Å²) in [7, 11) is -3.51. The van der Waals surface area contributed by atoms with E-state index in [9.17, 15) is 8.42 Å². The van der Waals surface area contributed by atoms with Crippen molar-refractivity contribution in [3.05, 3.63) is 16.5 Å². The number of hydrogen-bond donors (Lipinski definition) is 2. The fraction of sp³-hybridized carbons (Fsp3) is 0.667. The van der Waals surface area contributed by atoms with E-state index >= 15 is 0 Å². The van der Waals surface area contributed by atoms with Crippen molar-refractivity contribution in [1.82, 2.24) is 10.0 Å². The van der Waals surface area contributed by atoms with E-state index in [4.69, 9.17) is 4.42 Å². The molecule has 0 aromatic carbocycles. The molecule has 1 saturated carbocycles. The van der Waals surface area contributed by atoms with Crippen molar-refractivity contribution in [2.24, 2.45) is 5.92 Å². The molecule has 0 radical (unpaired) electrons. The lowest BCUT2D eigenvalue weighted by Crippen LogP contribution is -2.27. The summed E-state index contributed by atoms with van der Waals surface area (Å²) < 4.78 is 32.4. The van der Waals surface area contributed by atoms with Crippen LogP contribution in [0.3, 0.4) is 0 Å². The fourth-order valence-electron chi connectivity index (χ4n) is 1.55. The highest BCUT2D eigenvalue weighted by atomic mass is 79.9. The van der Waals surface area contributed by atoms with Gasteiger partial charge in [-0.3, -0.25) is 0 Å². The fourth-order valence-corrected chi connectivity index (χ4v) is 3.76. The molecule has 1 aliphatic carbocycles. The second-order valence-electron chi connectivity index (χ2n) is 5.25. The van der Waals surface area contributed by atoms with E-state index in [1.54, 1.807) is 6.07 Å². The quantitative estimate of drug-likeness (QED) is 0.790. The molecular formula is C12H19BrN2O3S. The third kappa shape index (κ3) is 4.30. The summed E-state index contributed by atoms with van der Waals surface area (Å²) in [6.45, 7) is 4.88. The number of furan rings is 1. The smallest absolute Gasteiger partial charge is 0.244 e. The van der Waals surface area contributed by atoms with E-state index in [0.717, 1.165) is 0 Å². The summed E-state index contributed by atoms with van der Waals surface area (Å²) >= 11 is 3.17.